The molecule has 3 nitrogen and oxygen atoms in total. The van der Waals surface area contributed by atoms with Crippen LogP contribution in [0.2, 0.25) is 0 Å². The molecule has 0 aliphatic rings. The predicted molar refractivity (Wildman–Crippen MR) is 223 cm³/mol. The van der Waals surface area contributed by atoms with Gasteiger partial charge in [0.1, 0.15) is 10.6 Å². The number of rotatable bonds is 5. The lowest BCUT2D eigenvalue weighted by Gasteiger charge is -2.26. The molecule has 0 bridgehead atoms. The van der Waals surface area contributed by atoms with E-state index in [-0.39, 0.29) is 0 Å². The molecule has 8 aromatic carbocycles. The highest BCUT2D eigenvalue weighted by atomic mass is 32.1. The lowest BCUT2D eigenvalue weighted by atomic mass is 9.98. The SMILES string of the molecule is c1ccc(-c2nc3ccc4sc5cc(N(c6ccc(-c7cccc8ccccc78)cc6)c6cccc7c6oc6ccccc67)ccc5c4c3s2)cc1. The molecule has 52 heavy (non-hydrogen) atoms. The Labute approximate surface area is 307 Å². The molecule has 0 aliphatic heterocycles. The Kier molecular flexibility index (Phi) is 6.59. The van der Waals surface area contributed by atoms with E-state index < -0.39 is 0 Å². The molecule has 0 amide bonds. The maximum Gasteiger partial charge on any atom is 0.159 e. The monoisotopic (exact) mass is 700 g/mol. The Morgan fingerprint density at radius 2 is 1.25 bits per heavy atom. The topological polar surface area (TPSA) is 29.3 Å². The van der Waals surface area contributed by atoms with Crippen molar-refractivity contribution in [1.29, 1.82) is 0 Å². The molecule has 0 fully saturated rings. The van der Waals surface area contributed by atoms with E-state index in [2.05, 4.69) is 169 Å². The summed E-state index contributed by atoms with van der Waals surface area (Å²) in [5, 5.41) is 8.31. The van der Waals surface area contributed by atoms with Crippen molar-refractivity contribution in [3.63, 3.8) is 0 Å². The first kappa shape index (κ1) is 29.5. The van der Waals surface area contributed by atoms with Gasteiger partial charge in [-0.25, -0.2) is 4.98 Å². The Morgan fingerprint density at radius 3 is 2.15 bits per heavy atom. The average Bonchev–Trinajstić information content (AvgIpc) is 3.92. The minimum absolute atomic E-state index is 0.873. The average molecular weight is 701 g/mol. The van der Waals surface area contributed by atoms with Gasteiger partial charge in [-0.3, -0.25) is 0 Å². The zero-order valence-electron chi connectivity index (χ0n) is 27.8. The van der Waals surface area contributed by atoms with Crippen LogP contribution in [0.3, 0.4) is 0 Å². The fourth-order valence-corrected chi connectivity index (χ4v) is 10.0. The van der Waals surface area contributed by atoms with Crippen molar-refractivity contribution >= 4 is 103 Å². The van der Waals surface area contributed by atoms with Crippen molar-refractivity contribution < 1.29 is 4.42 Å². The molecule has 244 valence electrons. The summed E-state index contributed by atoms with van der Waals surface area (Å²) in [4.78, 5) is 7.39. The third kappa shape index (κ3) is 4.60. The second kappa shape index (κ2) is 11.6. The summed E-state index contributed by atoms with van der Waals surface area (Å²) < 4.78 is 10.4. The van der Waals surface area contributed by atoms with Crippen LogP contribution < -0.4 is 4.90 Å². The first-order chi connectivity index (χ1) is 25.8. The normalized spacial score (nSPS) is 11.8. The van der Waals surface area contributed by atoms with Gasteiger partial charge >= 0.3 is 0 Å². The van der Waals surface area contributed by atoms with Gasteiger partial charge in [0.25, 0.3) is 0 Å². The zero-order chi connectivity index (χ0) is 34.2. The second-order valence-corrected chi connectivity index (χ2v) is 15.2. The summed E-state index contributed by atoms with van der Waals surface area (Å²) in [7, 11) is 0. The molecule has 11 aromatic rings. The van der Waals surface area contributed by atoms with Crippen LogP contribution in [0.1, 0.15) is 0 Å². The van der Waals surface area contributed by atoms with E-state index >= 15 is 0 Å². The smallest absolute Gasteiger partial charge is 0.159 e. The lowest BCUT2D eigenvalue weighted by Crippen LogP contribution is -2.10. The molecule has 0 unspecified atom stereocenters. The molecule has 0 saturated heterocycles. The fourth-order valence-electron chi connectivity index (χ4n) is 7.68. The van der Waals surface area contributed by atoms with Crippen molar-refractivity contribution in [1.82, 2.24) is 4.98 Å². The number of anilines is 3. The van der Waals surface area contributed by atoms with Gasteiger partial charge in [0.15, 0.2) is 5.58 Å². The molecule has 11 rings (SSSR count). The van der Waals surface area contributed by atoms with Gasteiger partial charge in [0.05, 0.1) is 15.9 Å². The van der Waals surface area contributed by atoms with E-state index in [0.29, 0.717) is 0 Å². The van der Waals surface area contributed by atoms with Gasteiger partial charge in [0.2, 0.25) is 0 Å². The number of hydrogen-bond acceptors (Lipinski definition) is 5. The number of thiazole rings is 1. The van der Waals surface area contributed by atoms with E-state index in [0.717, 1.165) is 55.1 Å². The third-order valence-electron chi connectivity index (χ3n) is 10.1. The van der Waals surface area contributed by atoms with Crippen LogP contribution in [0.25, 0.3) is 84.8 Å². The second-order valence-electron chi connectivity index (χ2n) is 13.1. The third-order valence-corrected chi connectivity index (χ3v) is 12.4. The van der Waals surface area contributed by atoms with Crippen molar-refractivity contribution in [3.05, 3.63) is 170 Å². The Hall–Kier alpha value is -6.27. The standard InChI is InChI=1S/C47H28N2OS2/c1-2-11-31(12-3-1)47-48-39-26-27-42-44(46(39)52-47)38-25-24-33(28-43(38)51-42)49(40-18-9-17-37-36-15-6-7-19-41(36)50-45(37)40)32-22-20-30(21-23-32)35-16-8-13-29-10-4-5-14-34(29)35/h1-28H. The molecule has 0 aliphatic carbocycles. The molecule has 0 spiro atoms. The molecule has 3 heterocycles. The molecule has 0 radical (unpaired) electrons. The highest BCUT2D eigenvalue weighted by molar-refractivity contribution is 7.28. The Bertz CT molecular complexity index is 3130. The molecule has 0 saturated carbocycles. The van der Waals surface area contributed by atoms with Crippen molar-refractivity contribution in [3.8, 4) is 21.7 Å². The van der Waals surface area contributed by atoms with E-state index in [1.54, 1.807) is 11.3 Å². The summed E-state index contributed by atoms with van der Waals surface area (Å²) in [6, 6.07) is 60.6. The number of thiophene rings is 1. The molecule has 0 atom stereocenters. The summed E-state index contributed by atoms with van der Waals surface area (Å²) in [5.74, 6) is 0. The lowest BCUT2D eigenvalue weighted by molar-refractivity contribution is 0.669. The van der Waals surface area contributed by atoms with E-state index in [4.69, 9.17) is 9.40 Å². The number of hydrogen-bond donors (Lipinski definition) is 0. The maximum atomic E-state index is 6.63. The van der Waals surface area contributed by atoms with Crippen LogP contribution in [0.4, 0.5) is 17.1 Å². The number of furan rings is 1. The van der Waals surface area contributed by atoms with Crippen LogP contribution in [0.5, 0.6) is 0 Å². The summed E-state index contributed by atoms with van der Waals surface area (Å²) in [6.07, 6.45) is 0. The Balaban J connectivity index is 1.10. The van der Waals surface area contributed by atoms with Crippen LogP contribution >= 0.6 is 22.7 Å². The summed E-state index contributed by atoms with van der Waals surface area (Å²) in [6.45, 7) is 0. The van der Waals surface area contributed by atoms with Crippen molar-refractivity contribution in [2.24, 2.45) is 0 Å². The molecular formula is C47H28N2OS2. The van der Waals surface area contributed by atoms with Gasteiger partial charge in [-0.05, 0) is 70.4 Å². The number of fused-ring (bicyclic) bond motifs is 9. The van der Waals surface area contributed by atoms with Crippen LogP contribution in [0.15, 0.2) is 174 Å². The van der Waals surface area contributed by atoms with E-state index in [1.165, 1.54) is 46.8 Å². The predicted octanol–water partition coefficient (Wildman–Crippen LogP) is 14.5. The van der Waals surface area contributed by atoms with E-state index in [1.807, 2.05) is 17.4 Å². The minimum Gasteiger partial charge on any atom is -0.454 e. The highest BCUT2D eigenvalue weighted by Crippen LogP contribution is 2.47. The van der Waals surface area contributed by atoms with Gasteiger partial charge in [-0.15, -0.1) is 22.7 Å². The quantitative estimate of drug-likeness (QED) is 0.179. The van der Waals surface area contributed by atoms with Crippen LogP contribution in [-0.2, 0) is 0 Å². The highest BCUT2D eigenvalue weighted by Gasteiger charge is 2.21. The summed E-state index contributed by atoms with van der Waals surface area (Å²) >= 11 is 3.62. The van der Waals surface area contributed by atoms with Gasteiger partial charge < -0.3 is 9.32 Å². The largest absolute Gasteiger partial charge is 0.454 e. The number of aromatic nitrogens is 1. The first-order valence-electron chi connectivity index (χ1n) is 17.4. The molecular weight excluding hydrogens is 673 g/mol. The minimum atomic E-state index is 0.873. The first-order valence-corrected chi connectivity index (χ1v) is 19.0. The molecule has 5 heteroatoms. The van der Waals surface area contributed by atoms with Gasteiger partial charge in [-0.1, -0.05) is 121 Å². The number of para-hydroxylation sites is 2. The van der Waals surface area contributed by atoms with Gasteiger partial charge in [0, 0.05) is 47.9 Å². The maximum absolute atomic E-state index is 6.63. The zero-order valence-corrected chi connectivity index (χ0v) is 29.4. The number of benzene rings is 8. The Morgan fingerprint density at radius 1 is 0.500 bits per heavy atom. The van der Waals surface area contributed by atoms with Gasteiger partial charge in [-0.2, -0.15) is 0 Å². The number of nitrogens with zero attached hydrogens (tertiary/aromatic N) is 2. The fraction of sp³-hybridized carbons (Fsp3) is 0. The molecule has 0 N–H and O–H groups in total. The van der Waals surface area contributed by atoms with Crippen LogP contribution in [0, 0.1) is 0 Å². The summed E-state index contributed by atoms with van der Waals surface area (Å²) in [5.41, 5.74) is 9.52. The van der Waals surface area contributed by atoms with Crippen molar-refractivity contribution in [2.75, 3.05) is 4.90 Å². The molecule has 3 aromatic heterocycles. The van der Waals surface area contributed by atoms with Crippen molar-refractivity contribution in [2.45, 2.75) is 0 Å². The van der Waals surface area contributed by atoms with E-state index in [9.17, 15) is 0 Å². The van der Waals surface area contributed by atoms with Crippen LogP contribution in [-0.4, -0.2) is 4.98 Å².